The monoisotopic (exact) mass is 406 g/mol. The minimum atomic E-state index is -1.03. The van der Waals surface area contributed by atoms with Crippen LogP contribution < -0.4 is 5.32 Å². The lowest BCUT2D eigenvalue weighted by Gasteiger charge is -2.36. The molecule has 1 aliphatic rings. The van der Waals surface area contributed by atoms with E-state index in [-0.39, 0.29) is 18.0 Å². The van der Waals surface area contributed by atoms with Gasteiger partial charge in [0.2, 0.25) is 0 Å². The summed E-state index contributed by atoms with van der Waals surface area (Å²) in [4.78, 5) is 33.9. The maximum absolute atomic E-state index is 14.6. The number of halogens is 2. The Bertz CT molecular complexity index is 902. The van der Waals surface area contributed by atoms with E-state index < -0.39 is 35.7 Å². The van der Waals surface area contributed by atoms with Gasteiger partial charge >= 0.3 is 12.0 Å². The molecule has 1 aromatic carbocycles. The highest BCUT2D eigenvalue weighted by atomic mass is 19.2. The fourth-order valence-electron chi connectivity index (χ4n) is 3.55. The Balaban J connectivity index is 1.97. The van der Waals surface area contributed by atoms with E-state index in [9.17, 15) is 18.4 Å². The summed E-state index contributed by atoms with van der Waals surface area (Å²) in [6, 6.07) is 1.50. The van der Waals surface area contributed by atoms with E-state index in [0.29, 0.717) is 18.5 Å². The second-order valence-corrected chi connectivity index (χ2v) is 7.09. The largest absolute Gasteiger partial charge is 0.467 e. The summed E-state index contributed by atoms with van der Waals surface area (Å²) < 4.78 is 33.3. The molecule has 1 aromatic heterocycles. The van der Waals surface area contributed by atoms with Crippen LogP contribution in [0.3, 0.4) is 0 Å². The van der Waals surface area contributed by atoms with Crippen LogP contribution in [0.1, 0.15) is 43.3 Å². The average Bonchev–Trinajstić information content (AvgIpc) is 3.21. The summed E-state index contributed by atoms with van der Waals surface area (Å²) in [6.45, 7) is 3.97. The summed E-state index contributed by atoms with van der Waals surface area (Å²) in [5, 5.41) is 2.70. The Hall–Kier alpha value is -2.97. The fraction of sp³-hybridized carbons (Fsp3) is 0.450. The number of benzene rings is 1. The van der Waals surface area contributed by atoms with Gasteiger partial charge in [0.05, 0.1) is 19.1 Å². The quantitative estimate of drug-likeness (QED) is 0.748. The molecule has 0 unspecified atom stereocenters. The predicted octanol–water partition coefficient (Wildman–Crippen LogP) is 2.93. The number of imidazole rings is 1. The number of hydrogen-bond acceptors (Lipinski definition) is 4. The number of ether oxygens (including phenoxy) is 1. The molecular weight excluding hydrogens is 382 g/mol. The lowest BCUT2D eigenvalue weighted by atomic mass is 9.95. The van der Waals surface area contributed by atoms with Crippen LogP contribution in [0.4, 0.5) is 13.6 Å². The molecule has 2 aromatic rings. The molecular formula is C20H24F2N4O3. The number of carbonyl (C=O) groups excluding carboxylic acids is 2. The van der Waals surface area contributed by atoms with Crippen molar-refractivity contribution in [1.29, 1.82) is 0 Å². The Labute approximate surface area is 167 Å². The maximum atomic E-state index is 14.6. The standard InChI is InChI=1S/C20H24F2N4O3/c1-4-11(2)16(19(27)29-3)25-20(28)26-9-8-14-17(24-10-23-14)18(26)12-6-5-7-13(21)15(12)22/h5-7,10-11,16,18H,4,8-9H2,1-3H3,(H,23,24)(H,25,28)/t11-,16+,18+/m1/s1. The number of hydrogen-bond donors (Lipinski definition) is 2. The van der Waals surface area contributed by atoms with Crippen molar-refractivity contribution in [1.82, 2.24) is 20.2 Å². The van der Waals surface area contributed by atoms with E-state index in [4.69, 9.17) is 4.74 Å². The molecule has 0 fully saturated rings. The molecule has 29 heavy (non-hydrogen) atoms. The van der Waals surface area contributed by atoms with Crippen LogP contribution >= 0.6 is 0 Å². The van der Waals surface area contributed by atoms with Crippen LogP contribution in [-0.4, -0.2) is 46.6 Å². The van der Waals surface area contributed by atoms with Gasteiger partial charge in [0.25, 0.3) is 0 Å². The van der Waals surface area contributed by atoms with Gasteiger partial charge < -0.3 is 19.9 Å². The van der Waals surface area contributed by atoms with E-state index in [0.717, 1.165) is 11.8 Å². The van der Waals surface area contributed by atoms with Gasteiger partial charge in [0.15, 0.2) is 11.6 Å². The molecule has 0 saturated carbocycles. The number of rotatable bonds is 5. The normalized spacial score (nSPS) is 18.0. The first-order valence-corrected chi connectivity index (χ1v) is 9.50. The van der Waals surface area contributed by atoms with Crippen LogP contribution in [0, 0.1) is 17.6 Å². The lowest BCUT2D eigenvalue weighted by Crippen LogP contribution is -2.53. The van der Waals surface area contributed by atoms with Crippen molar-refractivity contribution in [3.63, 3.8) is 0 Å². The molecule has 0 bridgehead atoms. The number of H-pyrrole nitrogens is 1. The summed E-state index contributed by atoms with van der Waals surface area (Å²) in [7, 11) is 1.26. The first-order chi connectivity index (χ1) is 13.9. The van der Waals surface area contributed by atoms with Crippen LogP contribution in [0.25, 0.3) is 0 Å². The minimum absolute atomic E-state index is 0.00589. The molecule has 3 atom stereocenters. The van der Waals surface area contributed by atoms with Crippen molar-refractivity contribution in [3.8, 4) is 0 Å². The number of fused-ring (bicyclic) bond motifs is 1. The van der Waals surface area contributed by atoms with Gasteiger partial charge in [-0.3, -0.25) is 0 Å². The van der Waals surface area contributed by atoms with Gasteiger partial charge in [-0.15, -0.1) is 0 Å². The van der Waals surface area contributed by atoms with Crippen LogP contribution in [0.5, 0.6) is 0 Å². The van der Waals surface area contributed by atoms with E-state index in [1.807, 2.05) is 13.8 Å². The number of aromatic nitrogens is 2. The molecule has 0 aliphatic carbocycles. The molecule has 2 N–H and O–H groups in total. The smallest absolute Gasteiger partial charge is 0.328 e. The number of methoxy groups -OCH3 is 1. The second kappa shape index (κ2) is 8.59. The van der Waals surface area contributed by atoms with E-state index in [2.05, 4.69) is 15.3 Å². The van der Waals surface area contributed by atoms with Crippen molar-refractivity contribution in [2.45, 2.75) is 38.8 Å². The maximum Gasteiger partial charge on any atom is 0.328 e. The minimum Gasteiger partial charge on any atom is -0.467 e. The first kappa shape index (κ1) is 20.8. The summed E-state index contributed by atoms with van der Waals surface area (Å²) >= 11 is 0. The molecule has 7 nitrogen and oxygen atoms in total. The highest BCUT2D eigenvalue weighted by molar-refractivity contribution is 5.84. The number of nitrogens with one attached hydrogen (secondary N) is 2. The molecule has 0 spiro atoms. The van der Waals surface area contributed by atoms with Gasteiger partial charge in [-0.1, -0.05) is 32.4 Å². The SMILES string of the molecule is CC[C@@H](C)[C@H](NC(=O)N1CCc2[nH]cnc2[C@@H]1c1cccc(F)c1F)C(=O)OC. The van der Waals surface area contributed by atoms with Gasteiger partial charge in [-0.2, -0.15) is 0 Å². The van der Waals surface area contributed by atoms with E-state index in [1.165, 1.54) is 30.5 Å². The first-order valence-electron chi connectivity index (χ1n) is 9.50. The number of carbonyl (C=O) groups is 2. The zero-order valence-electron chi connectivity index (χ0n) is 16.5. The summed E-state index contributed by atoms with van der Waals surface area (Å²) in [6.07, 6.45) is 2.58. The van der Waals surface area contributed by atoms with Crippen LogP contribution in [-0.2, 0) is 16.0 Å². The lowest BCUT2D eigenvalue weighted by molar-refractivity contribution is -0.144. The molecule has 2 amide bonds. The van der Waals surface area contributed by atoms with Gasteiger partial charge in [-0.05, 0) is 12.0 Å². The van der Waals surface area contributed by atoms with Crippen LogP contribution in [0.2, 0.25) is 0 Å². The van der Waals surface area contributed by atoms with Gasteiger partial charge in [0, 0.05) is 24.2 Å². The molecule has 0 radical (unpaired) electrons. The van der Waals surface area contributed by atoms with E-state index in [1.54, 1.807) is 0 Å². The molecule has 1 aliphatic heterocycles. The third kappa shape index (κ3) is 3.94. The Morgan fingerprint density at radius 3 is 2.86 bits per heavy atom. The summed E-state index contributed by atoms with van der Waals surface area (Å²) in [5.41, 5.74) is 1.22. The third-order valence-electron chi connectivity index (χ3n) is 5.41. The highest BCUT2D eigenvalue weighted by Gasteiger charge is 2.38. The van der Waals surface area contributed by atoms with Gasteiger partial charge in [0.1, 0.15) is 12.1 Å². The van der Waals surface area contributed by atoms with Crippen molar-refractivity contribution < 1.29 is 23.1 Å². The Kier molecular flexibility index (Phi) is 6.14. The zero-order valence-corrected chi connectivity index (χ0v) is 16.5. The number of aromatic amines is 1. The Morgan fingerprint density at radius 2 is 2.17 bits per heavy atom. The van der Waals surface area contributed by atoms with Gasteiger partial charge in [-0.25, -0.2) is 23.4 Å². The molecule has 9 heteroatoms. The number of urea groups is 1. The number of nitrogens with zero attached hydrogens (tertiary/aromatic N) is 2. The highest BCUT2D eigenvalue weighted by Crippen LogP contribution is 2.35. The topological polar surface area (TPSA) is 87.3 Å². The molecule has 156 valence electrons. The number of amides is 2. The third-order valence-corrected chi connectivity index (χ3v) is 5.41. The van der Waals surface area contributed by atoms with Crippen LogP contribution in [0.15, 0.2) is 24.5 Å². The van der Waals surface area contributed by atoms with Crippen molar-refractivity contribution >= 4 is 12.0 Å². The Morgan fingerprint density at radius 1 is 1.41 bits per heavy atom. The van der Waals surface area contributed by atoms with Crippen molar-refractivity contribution in [2.24, 2.45) is 5.92 Å². The summed E-state index contributed by atoms with van der Waals surface area (Å²) in [5.74, 6) is -2.75. The van der Waals surface area contributed by atoms with E-state index >= 15 is 0 Å². The molecule has 3 rings (SSSR count). The van der Waals surface area contributed by atoms with Crippen molar-refractivity contribution in [2.75, 3.05) is 13.7 Å². The predicted molar refractivity (Wildman–Crippen MR) is 101 cm³/mol. The average molecular weight is 406 g/mol. The second-order valence-electron chi connectivity index (χ2n) is 7.09. The molecule has 2 heterocycles. The van der Waals surface area contributed by atoms with Crippen molar-refractivity contribution in [3.05, 3.63) is 53.1 Å². The molecule has 0 saturated heterocycles. The zero-order chi connectivity index (χ0) is 21.1. The fourth-order valence-corrected chi connectivity index (χ4v) is 3.55. The number of esters is 1.